The first-order valence-corrected chi connectivity index (χ1v) is 7.60. The summed E-state index contributed by atoms with van der Waals surface area (Å²) in [6.07, 6.45) is 3.08. The molecule has 2 rings (SSSR count). The van der Waals surface area contributed by atoms with Crippen molar-refractivity contribution in [2.75, 3.05) is 6.54 Å². The molecule has 1 N–H and O–H groups in total. The molecular formula is C19H16F2N2O2. The number of amides is 1. The molecule has 0 unspecified atom stereocenters. The fourth-order valence-electron chi connectivity index (χ4n) is 2.04. The quantitative estimate of drug-likeness (QED) is 0.802. The largest absolute Gasteiger partial charge is 0.445 e. The Balaban J connectivity index is 1.75. The zero-order chi connectivity index (χ0) is 18.1. The summed E-state index contributed by atoms with van der Waals surface area (Å²) >= 11 is 0. The van der Waals surface area contributed by atoms with Crippen molar-refractivity contribution in [3.05, 3.63) is 76.9 Å². The van der Waals surface area contributed by atoms with E-state index in [2.05, 4.69) is 5.32 Å². The number of nitriles is 1. The zero-order valence-electron chi connectivity index (χ0n) is 13.3. The summed E-state index contributed by atoms with van der Waals surface area (Å²) in [5, 5.41) is 11.5. The van der Waals surface area contributed by atoms with Crippen LogP contribution in [0.3, 0.4) is 0 Å². The molecule has 2 aromatic carbocycles. The number of carbonyl (C=O) groups excluding carboxylic acids is 1. The van der Waals surface area contributed by atoms with Gasteiger partial charge in [-0.3, -0.25) is 0 Å². The third-order valence-electron chi connectivity index (χ3n) is 3.30. The van der Waals surface area contributed by atoms with E-state index in [1.807, 2.05) is 36.4 Å². The van der Waals surface area contributed by atoms with Crippen LogP contribution in [0.5, 0.6) is 0 Å². The molecule has 0 saturated carbocycles. The lowest BCUT2D eigenvalue weighted by Gasteiger charge is -2.06. The van der Waals surface area contributed by atoms with Crippen molar-refractivity contribution in [1.29, 1.82) is 5.26 Å². The Morgan fingerprint density at radius 1 is 1.20 bits per heavy atom. The number of nitrogens with one attached hydrogen (secondary N) is 1. The maximum atomic E-state index is 13.2. The van der Waals surface area contributed by atoms with Crippen LogP contribution < -0.4 is 5.32 Å². The van der Waals surface area contributed by atoms with Crippen LogP contribution in [-0.4, -0.2) is 12.6 Å². The van der Waals surface area contributed by atoms with E-state index in [4.69, 9.17) is 10.00 Å². The minimum absolute atomic E-state index is 0.0466. The molecule has 0 radical (unpaired) electrons. The molecule has 0 aliphatic rings. The fraction of sp³-hybridized carbons (Fsp3) is 0.158. The SMILES string of the molecule is N#Cc1cc(F)c(F)cc1C=CCCNC(=O)OCc1ccccc1. The number of hydrogen-bond donors (Lipinski definition) is 1. The predicted molar refractivity (Wildman–Crippen MR) is 89.4 cm³/mol. The Morgan fingerprint density at radius 2 is 1.92 bits per heavy atom. The van der Waals surface area contributed by atoms with Crippen LogP contribution in [0.1, 0.15) is 23.1 Å². The van der Waals surface area contributed by atoms with Crippen LogP contribution >= 0.6 is 0 Å². The topological polar surface area (TPSA) is 62.1 Å². The zero-order valence-corrected chi connectivity index (χ0v) is 13.3. The van der Waals surface area contributed by atoms with Gasteiger partial charge in [0.2, 0.25) is 0 Å². The summed E-state index contributed by atoms with van der Waals surface area (Å²) < 4.78 is 31.3. The molecule has 0 aliphatic heterocycles. The number of halogens is 2. The Morgan fingerprint density at radius 3 is 2.64 bits per heavy atom. The van der Waals surface area contributed by atoms with Crippen LogP contribution in [0, 0.1) is 23.0 Å². The highest BCUT2D eigenvalue weighted by molar-refractivity contribution is 5.67. The summed E-state index contributed by atoms with van der Waals surface area (Å²) in [4.78, 5) is 11.5. The molecule has 2 aromatic rings. The van der Waals surface area contributed by atoms with Gasteiger partial charge in [0.25, 0.3) is 0 Å². The van der Waals surface area contributed by atoms with Crippen LogP contribution in [0.4, 0.5) is 13.6 Å². The van der Waals surface area contributed by atoms with E-state index in [0.29, 0.717) is 13.0 Å². The van der Waals surface area contributed by atoms with Gasteiger partial charge in [-0.15, -0.1) is 0 Å². The van der Waals surface area contributed by atoms with Crippen molar-refractivity contribution >= 4 is 12.2 Å². The second-order valence-corrected chi connectivity index (χ2v) is 5.14. The highest BCUT2D eigenvalue weighted by atomic mass is 19.2. The maximum absolute atomic E-state index is 13.2. The third-order valence-corrected chi connectivity index (χ3v) is 3.30. The van der Waals surface area contributed by atoms with Crippen molar-refractivity contribution in [2.24, 2.45) is 0 Å². The van der Waals surface area contributed by atoms with Crippen molar-refractivity contribution < 1.29 is 18.3 Å². The van der Waals surface area contributed by atoms with Gasteiger partial charge in [0, 0.05) is 6.54 Å². The second-order valence-electron chi connectivity index (χ2n) is 5.14. The third kappa shape index (κ3) is 5.74. The summed E-state index contributed by atoms with van der Waals surface area (Å²) in [5.41, 5.74) is 1.22. The highest BCUT2D eigenvalue weighted by Gasteiger charge is 2.07. The lowest BCUT2D eigenvalue weighted by atomic mass is 10.1. The highest BCUT2D eigenvalue weighted by Crippen LogP contribution is 2.16. The normalized spacial score (nSPS) is 10.4. The molecule has 128 valence electrons. The van der Waals surface area contributed by atoms with Crippen molar-refractivity contribution in [1.82, 2.24) is 5.32 Å². The molecule has 0 saturated heterocycles. The van der Waals surface area contributed by atoms with E-state index in [1.54, 1.807) is 6.08 Å². The molecular weight excluding hydrogens is 326 g/mol. The lowest BCUT2D eigenvalue weighted by Crippen LogP contribution is -2.24. The molecule has 0 fully saturated rings. The number of benzene rings is 2. The van der Waals surface area contributed by atoms with Gasteiger partial charge in [-0.2, -0.15) is 5.26 Å². The molecule has 1 amide bonds. The molecule has 4 nitrogen and oxygen atoms in total. The molecule has 0 heterocycles. The number of carbonyl (C=O) groups is 1. The Hall–Kier alpha value is -3.20. The van der Waals surface area contributed by atoms with Gasteiger partial charge in [0.15, 0.2) is 11.6 Å². The smallest absolute Gasteiger partial charge is 0.407 e. The molecule has 0 aromatic heterocycles. The first-order valence-electron chi connectivity index (χ1n) is 7.60. The molecule has 0 atom stereocenters. The van der Waals surface area contributed by atoms with E-state index in [-0.39, 0.29) is 17.7 Å². The maximum Gasteiger partial charge on any atom is 0.407 e. The molecule has 0 spiro atoms. The van der Waals surface area contributed by atoms with Gasteiger partial charge >= 0.3 is 6.09 Å². The van der Waals surface area contributed by atoms with E-state index in [1.165, 1.54) is 6.08 Å². The minimum atomic E-state index is -1.06. The molecule has 0 bridgehead atoms. The Kier molecular flexibility index (Phi) is 6.66. The number of alkyl carbamates (subject to hydrolysis) is 1. The van der Waals surface area contributed by atoms with Gasteiger partial charge < -0.3 is 10.1 Å². The number of rotatable bonds is 6. The van der Waals surface area contributed by atoms with Gasteiger partial charge in [0.05, 0.1) is 11.6 Å². The first kappa shape index (κ1) is 18.1. The van der Waals surface area contributed by atoms with Crippen LogP contribution in [-0.2, 0) is 11.3 Å². The summed E-state index contributed by atoms with van der Waals surface area (Å²) in [6.45, 7) is 0.499. The number of nitrogens with zero attached hydrogens (tertiary/aromatic N) is 1. The van der Waals surface area contributed by atoms with Crippen LogP contribution in [0.2, 0.25) is 0 Å². The van der Waals surface area contributed by atoms with Gasteiger partial charge in [-0.25, -0.2) is 13.6 Å². The average Bonchev–Trinajstić information content (AvgIpc) is 2.63. The van der Waals surface area contributed by atoms with Gasteiger partial charge in [-0.1, -0.05) is 42.5 Å². The summed E-state index contributed by atoms with van der Waals surface area (Å²) in [7, 11) is 0. The first-order chi connectivity index (χ1) is 12.1. The molecule has 25 heavy (non-hydrogen) atoms. The van der Waals surface area contributed by atoms with E-state index < -0.39 is 17.7 Å². The molecule has 0 aliphatic carbocycles. The van der Waals surface area contributed by atoms with Crippen molar-refractivity contribution in [3.8, 4) is 6.07 Å². The molecule has 6 heteroatoms. The second kappa shape index (κ2) is 9.18. The van der Waals surface area contributed by atoms with Gasteiger partial charge in [-0.05, 0) is 29.7 Å². The van der Waals surface area contributed by atoms with E-state index in [0.717, 1.165) is 17.7 Å². The number of hydrogen-bond acceptors (Lipinski definition) is 3. The average molecular weight is 342 g/mol. The number of ether oxygens (including phenoxy) is 1. The predicted octanol–water partition coefficient (Wildman–Crippen LogP) is 4.17. The van der Waals surface area contributed by atoms with E-state index >= 15 is 0 Å². The van der Waals surface area contributed by atoms with E-state index in [9.17, 15) is 13.6 Å². The minimum Gasteiger partial charge on any atom is -0.445 e. The van der Waals surface area contributed by atoms with Crippen LogP contribution in [0.15, 0.2) is 48.5 Å². The lowest BCUT2D eigenvalue weighted by molar-refractivity contribution is 0.140. The standard InChI is InChI=1S/C19H16F2N2O2/c20-17-10-15(16(12-22)11-18(17)21)8-4-5-9-23-19(24)25-13-14-6-2-1-3-7-14/h1-4,6-8,10-11H,5,9,13H2,(H,23,24). The fourth-order valence-corrected chi connectivity index (χ4v) is 2.04. The van der Waals surface area contributed by atoms with Crippen LogP contribution in [0.25, 0.3) is 6.08 Å². The van der Waals surface area contributed by atoms with Gasteiger partial charge in [0.1, 0.15) is 6.61 Å². The monoisotopic (exact) mass is 342 g/mol. The summed E-state index contributed by atoms with van der Waals surface area (Å²) in [6, 6.07) is 12.9. The van der Waals surface area contributed by atoms with Crippen molar-refractivity contribution in [2.45, 2.75) is 13.0 Å². The van der Waals surface area contributed by atoms with Crippen molar-refractivity contribution in [3.63, 3.8) is 0 Å². The Bertz CT molecular complexity index is 799. The summed E-state index contributed by atoms with van der Waals surface area (Å²) in [5.74, 6) is -2.07. The Labute approximate surface area is 144 Å².